The monoisotopic (exact) mass is 439 g/mol. The van der Waals surface area contributed by atoms with Crippen LogP contribution in [-0.4, -0.2) is 49.1 Å². The van der Waals surface area contributed by atoms with Crippen LogP contribution in [0.25, 0.3) is 6.08 Å². The summed E-state index contributed by atoms with van der Waals surface area (Å²) in [5.74, 6) is 0. The fourth-order valence-corrected chi connectivity index (χ4v) is 6.32. The normalized spacial score (nSPS) is 20.9. The van der Waals surface area contributed by atoms with Crippen molar-refractivity contribution in [3.05, 3.63) is 82.1 Å². The van der Waals surface area contributed by atoms with E-state index in [4.69, 9.17) is 0 Å². The Balaban J connectivity index is 1.26. The van der Waals surface area contributed by atoms with Crippen LogP contribution in [0.15, 0.2) is 54.2 Å². The summed E-state index contributed by atoms with van der Waals surface area (Å²) in [6, 6.07) is 13.9. The maximum atomic E-state index is 4.66. The second-order valence-corrected chi connectivity index (χ2v) is 10.4. The third kappa shape index (κ3) is 4.29. The van der Waals surface area contributed by atoms with E-state index in [0.29, 0.717) is 0 Å². The highest BCUT2D eigenvalue weighted by Crippen LogP contribution is 2.39. The molecule has 1 aliphatic carbocycles. The third-order valence-corrected chi connectivity index (χ3v) is 8.25. The zero-order valence-electron chi connectivity index (χ0n) is 20.0. The lowest BCUT2D eigenvalue weighted by atomic mass is 9.94. The zero-order valence-corrected chi connectivity index (χ0v) is 20.0. The van der Waals surface area contributed by atoms with E-state index in [9.17, 15) is 0 Å². The average molecular weight is 440 g/mol. The number of fused-ring (bicyclic) bond motifs is 3. The number of hydrogen-bond acceptors (Lipinski definition) is 3. The molecule has 0 spiro atoms. The van der Waals surface area contributed by atoms with Crippen LogP contribution in [0.5, 0.6) is 0 Å². The van der Waals surface area contributed by atoms with Crippen LogP contribution in [0.3, 0.4) is 0 Å². The second-order valence-electron chi connectivity index (χ2n) is 10.4. The van der Waals surface area contributed by atoms with Gasteiger partial charge in [0.15, 0.2) is 0 Å². The van der Waals surface area contributed by atoms with Gasteiger partial charge in [-0.15, -0.1) is 0 Å². The summed E-state index contributed by atoms with van der Waals surface area (Å²) in [5.41, 5.74) is 11.6. The molecule has 0 N–H and O–H groups in total. The molecule has 0 radical (unpaired) electrons. The Kier molecular flexibility index (Phi) is 5.85. The van der Waals surface area contributed by atoms with E-state index in [1.165, 1.54) is 85.3 Å². The van der Waals surface area contributed by atoms with Crippen molar-refractivity contribution in [1.82, 2.24) is 9.80 Å². The van der Waals surface area contributed by atoms with Gasteiger partial charge in [-0.1, -0.05) is 37.3 Å². The summed E-state index contributed by atoms with van der Waals surface area (Å²) < 4.78 is 0. The van der Waals surface area contributed by atoms with E-state index in [-0.39, 0.29) is 0 Å². The van der Waals surface area contributed by atoms with Crippen LogP contribution in [0.1, 0.15) is 53.5 Å². The summed E-state index contributed by atoms with van der Waals surface area (Å²) in [6.45, 7) is 12.5. The molecular weight excluding hydrogens is 402 g/mol. The molecule has 33 heavy (non-hydrogen) atoms. The number of hydrogen-bond donors (Lipinski definition) is 0. The molecule has 2 aromatic carbocycles. The van der Waals surface area contributed by atoms with Crippen LogP contribution in [-0.2, 0) is 25.8 Å². The van der Waals surface area contributed by atoms with Crippen LogP contribution in [0.2, 0.25) is 0 Å². The van der Waals surface area contributed by atoms with Crippen molar-refractivity contribution in [3.63, 3.8) is 0 Å². The lowest BCUT2D eigenvalue weighted by Crippen LogP contribution is -2.40. The van der Waals surface area contributed by atoms with Crippen molar-refractivity contribution in [2.45, 2.75) is 51.5 Å². The Bertz CT molecular complexity index is 1080. The summed E-state index contributed by atoms with van der Waals surface area (Å²) in [7, 11) is 0. The molecule has 6 rings (SSSR count). The minimum absolute atomic E-state index is 0.990. The van der Waals surface area contributed by atoms with Crippen LogP contribution in [0, 0.1) is 0 Å². The largest absolute Gasteiger partial charge is 0.340 e. The van der Waals surface area contributed by atoms with Crippen LogP contribution >= 0.6 is 0 Å². The van der Waals surface area contributed by atoms with Gasteiger partial charge in [-0.25, -0.2) is 0 Å². The quantitative estimate of drug-likeness (QED) is 0.614. The average Bonchev–Trinajstić information content (AvgIpc) is 3.31. The van der Waals surface area contributed by atoms with Crippen molar-refractivity contribution >= 4 is 11.8 Å². The first-order valence-corrected chi connectivity index (χ1v) is 13.1. The number of likely N-dealkylation sites (tertiary alicyclic amines) is 1. The second kappa shape index (κ2) is 9.12. The van der Waals surface area contributed by atoms with Gasteiger partial charge >= 0.3 is 0 Å². The third-order valence-electron chi connectivity index (χ3n) is 8.25. The first-order chi connectivity index (χ1) is 16.2. The van der Waals surface area contributed by atoms with E-state index >= 15 is 0 Å². The lowest BCUT2D eigenvalue weighted by molar-refractivity contribution is 0.234. The number of benzene rings is 2. The highest BCUT2D eigenvalue weighted by atomic mass is 15.2. The van der Waals surface area contributed by atoms with Crippen molar-refractivity contribution in [2.75, 3.05) is 44.2 Å². The first-order valence-electron chi connectivity index (χ1n) is 13.1. The van der Waals surface area contributed by atoms with Gasteiger partial charge in [0.25, 0.3) is 0 Å². The van der Waals surface area contributed by atoms with Crippen LogP contribution in [0.4, 0.5) is 5.69 Å². The standard InChI is InChI=1S/C30H37N3/c1-23-29(22-32-15-12-24-8-3-4-9-27(24)21-32)19-28-18-25-10-7-11-26(25)20-30(28)33(23)17-16-31-13-5-2-6-14-31/h3-4,8-9,18-20H,1-2,5-7,10-17,21-22H2. The molecular formula is C30H37N3. The molecule has 1 fully saturated rings. The maximum Gasteiger partial charge on any atom is 0.0487 e. The summed E-state index contributed by atoms with van der Waals surface area (Å²) in [4.78, 5) is 7.82. The minimum Gasteiger partial charge on any atom is -0.340 e. The highest BCUT2D eigenvalue weighted by molar-refractivity contribution is 5.80. The number of aryl methyl sites for hydroxylation is 2. The fraction of sp³-hybridized carbons (Fsp3) is 0.467. The highest BCUT2D eigenvalue weighted by Gasteiger charge is 2.27. The number of piperidine rings is 1. The first kappa shape index (κ1) is 21.2. The van der Waals surface area contributed by atoms with Gasteiger partial charge in [-0.3, -0.25) is 4.90 Å². The minimum atomic E-state index is 0.990. The predicted molar refractivity (Wildman–Crippen MR) is 139 cm³/mol. The smallest absolute Gasteiger partial charge is 0.0487 e. The number of rotatable bonds is 5. The Labute approximate surface area is 199 Å². The summed E-state index contributed by atoms with van der Waals surface area (Å²) >= 11 is 0. The Morgan fingerprint density at radius 2 is 1.52 bits per heavy atom. The van der Waals surface area contributed by atoms with Crippen molar-refractivity contribution in [2.24, 2.45) is 0 Å². The van der Waals surface area contributed by atoms with E-state index in [2.05, 4.69) is 63.8 Å². The zero-order chi connectivity index (χ0) is 22.2. The van der Waals surface area contributed by atoms with E-state index in [0.717, 1.165) is 39.1 Å². The molecule has 0 atom stereocenters. The van der Waals surface area contributed by atoms with Crippen molar-refractivity contribution in [3.8, 4) is 0 Å². The van der Waals surface area contributed by atoms with E-state index < -0.39 is 0 Å². The van der Waals surface area contributed by atoms with Gasteiger partial charge in [-0.2, -0.15) is 0 Å². The van der Waals surface area contributed by atoms with Gasteiger partial charge in [0.1, 0.15) is 0 Å². The Hall–Kier alpha value is -2.36. The molecule has 4 aliphatic rings. The van der Waals surface area contributed by atoms with Crippen molar-refractivity contribution in [1.29, 1.82) is 0 Å². The van der Waals surface area contributed by atoms with Gasteiger partial charge < -0.3 is 9.80 Å². The predicted octanol–water partition coefficient (Wildman–Crippen LogP) is 5.44. The van der Waals surface area contributed by atoms with E-state index in [1.807, 2.05) is 0 Å². The molecule has 3 heterocycles. The number of nitrogens with zero attached hydrogens (tertiary/aromatic N) is 3. The Morgan fingerprint density at radius 1 is 0.727 bits per heavy atom. The van der Waals surface area contributed by atoms with Gasteiger partial charge in [-0.05, 0) is 103 Å². The molecule has 0 saturated carbocycles. The lowest BCUT2D eigenvalue weighted by Gasteiger charge is -2.38. The Morgan fingerprint density at radius 3 is 2.36 bits per heavy atom. The van der Waals surface area contributed by atoms with Crippen molar-refractivity contribution < 1.29 is 0 Å². The van der Waals surface area contributed by atoms with Gasteiger partial charge in [0.05, 0.1) is 0 Å². The molecule has 172 valence electrons. The van der Waals surface area contributed by atoms with Crippen LogP contribution < -0.4 is 4.90 Å². The van der Waals surface area contributed by atoms with Gasteiger partial charge in [0, 0.05) is 44.1 Å². The van der Waals surface area contributed by atoms with Gasteiger partial charge in [0.2, 0.25) is 0 Å². The molecule has 0 bridgehead atoms. The fourth-order valence-electron chi connectivity index (χ4n) is 6.32. The molecule has 1 saturated heterocycles. The maximum absolute atomic E-state index is 4.66. The molecule has 0 amide bonds. The van der Waals surface area contributed by atoms with E-state index in [1.54, 1.807) is 11.1 Å². The topological polar surface area (TPSA) is 9.72 Å². The summed E-state index contributed by atoms with van der Waals surface area (Å²) in [6.07, 6.45) is 11.5. The molecule has 2 aromatic rings. The number of anilines is 1. The summed E-state index contributed by atoms with van der Waals surface area (Å²) in [5, 5.41) is 0. The SMILES string of the molecule is C=C1C(CN2CCc3ccccc3C2)=Cc2cc3c(cc2N1CCN1CCCCC1)CCC3. The molecule has 3 aliphatic heterocycles. The molecule has 0 aromatic heterocycles. The molecule has 0 unspecified atom stereocenters. The molecule has 3 heteroatoms. The molecule has 3 nitrogen and oxygen atoms in total.